The lowest BCUT2D eigenvalue weighted by Gasteiger charge is -2.32. The predicted octanol–water partition coefficient (Wildman–Crippen LogP) is 3.74. The fraction of sp³-hybridized carbons (Fsp3) is 0.360. The van der Waals surface area contributed by atoms with E-state index in [1.165, 1.54) is 0 Å². The molecule has 1 fully saturated rings. The molecule has 0 spiro atoms. The van der Waals surface area contributed by atoms with Gasteiger partial charge in [-0.25, -0.2) is 4.98 Å². The van der Waals surface area contributed by atoms with Crippen molar-refractivity contribution in [2.75, 3.05) is 19.6 Å². The highest BCUT2D eigenvalue weighted by molar-refractivity contribution is 7.09. The second kappa shape index (κ2) is 11.0. The second-order valence-electron chi connectivity index (χ2n) is 8.10. The van der Waals surface area contributed by atoms with Crippen molar-refractivity contribution in [2.45, 2.75) is 32.1 Å². The zero-order chi connectivity index (χ0) is 22.2. The smallest absolute Gasteiger partial charge is 0.227 e. The maximum absolute atomic E-state index is 12.7. The van der Waals surface area contributed by atoms with Crippen LogP contribution in [0.25, 0.3) is 11.3 Å². The van der Waals surface area contributed by atoms with E-state index in [4.69, 9.17) is 0 Å². The van der Waals surface area contributed by atoms with Crippen LogP contribution in [-0.4, -0.2) is 46.3 Å². The van der Waals surface area contributed by atoms with Crippen molar-refractivity contribution in [2.24, 2.45) is 5.92 Å². The molecule has 1 aromatic carbocycles. The summed E-state index contributed by atoms with van der Waals surface area (Å²) in [4.78, 5) is 35.9. The third-order valence-electron chi connectivity index (χ3n) is 5.74. The molecule has 0 radical (unpaired) electrons. The molecular weight excluding hydrogens is 420 g/mol. The van der Waals surface area contributed by atoms with E-state index in [2.05, 4.69) is 20.7 Å². The molecule has 1 atom stereocenters. The molecule has 2 amide bonds. The molecule has 4 rings (SSSR count). The van der Waals surface area contributed by atoms with Crippen LogP contribution in [0.2, 0.25) is 0 Å². The molecule has 1 saturated heterocycles. The molecule has 1 N–H and O–H groups in total. The number of thiazole rings is 1. The topological polar surface area (TPSA) is 75.2 Å². The number of aromatic nitrogens is 2. The van der Waals surface area contributed by atoms with Gasteiger partial charge in [-0.1, -0.05) is 30.3 Å². The van der Waals surface area contributed by atoms with Crippen LogP contribution in [0.15, 0.2) is 60.2 Å². The van der Waals surface area contributed by atoms with E-state index in [0.29, 0.717) is 19.5 Å². The first kappa shape index (κ1) is 22.1. The number of hydrogen-bond acceptors (Lipinski definition) is 5. The van der Waals surface area contributed by atoms with E-state index in [-0.39, 0.29) is 17.7 Å². The summed E-state index contributed by atoms with van der Waals surface area (Å²) in [5.74, 6) is 0.0305. The number of amides is 2. The average molecular weight is 449 g/mol. The Bertz CT molecular complexity index is 1020. The number of likely N-dealkylation sites (tertiary alicyclic amines) is 1. The van der Waals surface area contributed by atoms with Gasteiger partial charge in [0.15, 0.2) is 0 Å². The van der Waals surface area contributed by atoms with Crippen molar-refractivity contribution < 1.29 is 9.59 Å². The van der Waals surface area contributed by atoms with Crippen LogP contribution in [0.3, 0.4) is 0 Å². The zero-order valence-corrected chi connectivity index (χ0v) is 18.9. The molecule has 0 aliphatic carbocycles. The molecule has 6 nitrogen and oxygen atoms in total. The SMILES string of the molecule is O=C(NCCCc1nc(-c2ccncc2)cs1)C1CCCN(C(=O)Cc2ccccc2)C1. The van der Waals surface area contributed by atoms with Gasteiger partial charge in [-0.15, -0.1) is 11.3 Å². The number of piperidine rings is 1. The molecule has 1 aliphatic rings. The number of carbonyl (C=O) groups excluding carboxylic acids is 2. The minimum atomic E-state index is -0.123. The number of pyridine rings is 1. The van der Waals surface area contributed by atoms with Crippen LogP contribution < -0.4 is 5.32 Å². The number of carbonyl (C=O) groups is 2. The molecule has 2 aromatic heterocycles. The van der Waals surface area contributed by atoms with Crippen LogP contribution >= 0.6 is 11.3 Å². The summed E-state index contributed by atoms with van der Waals surface area (Å²) in [6.07, 6.45) is 7.32. The maximum atomic E-state index is 12.7. The quantitative estimate of drug-likeness (QED) is 0.533. The Hall–Kier alpha value is -3.06. The molecule has 3 aromatic rings. The monoisotopic (exact) mass is 448 g/mol. The maximum Gasteiger partial charge on any atom is 0.227 e. The van der Waals surface area contributed by atoms with Crippen LogP contribution in [0.5, 0.6) is 0 Å². The van der Waals surface area contributed by atoms with Crippen LogP contribution in [-0.2, 0) is 22.4 Å². The van der Waals surface area contributed by atoms with Crippen molar-refractivity contribution in [1.82, 2.24) is 20.2 Å². The van der Waals surface area contributed by atoms with Gasteiger partial charge in [0.05, 0.1) is 23.0 Å². The van der Waals surface area contributed by atoms with E-state index < -0.39 is 0 Å². The summed E-state index contributed by atoms with van der Waals surface area (Å²) in [6, 6.07) is 13.7. The van der Waals surface area contributed by atoms with Gasteiger partial charge in [0, 0.05) is 49.4 Å². The lowest BCUT2D eigenvalue weighted by molar-refractivity contribution is -0.135. The Labute approximate surface area is 192 Å². The second-order valence-corrected chi connectivity index (χ2v) is 9.04. The number of benzene rings is 1. The van der Waals surface area contributed by atoms with E-state index in [9.17, 15) is 9.59 Å². The Morgan fingerprint density at radius 3 is 2.75 bits per heavy atom. The van der Waals surface area contributed by atoms with Gasteiger partial charge in [-0.05, 0) is 37.0 Å². The molecule has 1 unspecified atom stereocenters. The summed E-state index contributed by atoms with van der Waals surface area (Å²) in [5.41, 5.74) is 3.05. The molecule has 0 bridgehead atoms. The van der Waals surface area contributed by atoms with Gasteiger partial charge in [0.2, 0.25) is 11.8 Å². The molecular formula is C25H28N4O2S. The van der Waals surface area contributed by atoms with Crippen molar-refractivity contribution in [1.29, 1.82) is 0 Å². The van der Waals surface area contributed by atoms with Gasteiger partial charge >= 0.3 is 0 Å². The van der Waals surface area contributed by atoms with Crippen molar-refractivity contribution in [3.63, 3.8) is 0 Å². The Morgan fingerprint density at radius 2 is 1.94 bits per heavy atom. The summed E-state index contributed by atoms with van der Waals surface area (Å²) in [7, 11) is 0. The van der Waals surface area contributed by atoms with Gasteiger partial charge in [-0.3, -0.25) is 14.6 Å². The average Bonchev–Trinajstić information content (AvgIpc) is 3.32. The van der Waals surface area contributed by atoms with E-state index in [1.54, 1.807) is 23.7 Å². The Kier molecular flexibility index (Phi) is 7.61. The third-order valence-corrected chi connectivity index (χ3v) is 6.65. The van der Waals surface area contributed by atoms with Gasteiger partial charge < -0.3 is 10.2 Å². The van der Waals surface area contributed by atoms with Crippen LogP contribution in [0.1, 0.15) is 29.8 Å². The number of hydrogen-bond donors (Lipinski definition) is 1. The number of rotatable bonds is 8. The predicted molar refractivity (Wildman–Crippen MR) is 126 cm³/mol. The summed E-state index contributed by atoms with van der Waals surface area (Å²) >= 11 is 1.65. The summed E-state index contributed by atoms with van der Waals surface area (Å²) in [6.45, 7) is 1.87. The lowest BCUT2D eigenvalue weighted by Crippen LogP contribution is -2.46. The zero-order valence-electron chi connectivity index (χ0n) is 18.1. The van der Waals surface area contributed by atoms with Crippen LogP contribution in [0.4, 0.5) is 0 Å². The first-order valence-corrected chi connectivity index (χ1v) is 12.0. The highest BCUT2D eigenvalue weighted by Gasteiger charge is 2.28. The number of aryl methyl sites for hydroxylation is 1. The van der Waals surface area contributed by atoms with E-state index >= 15 is 0 Å². The van der Waals surface area contributed by atoms with Gasteiger partial charge in [-0.2, -0.15) is 0 Å². The Balaban J connectivity index is 1.19. The first-order valence-electron chi connectivity index (χ1n) is 11.1. The summed E-state index contributed by atoms with van der Waals surface area (Å²) < 4.78 is 0. The Morgan fingerprint density at radius 1 is 1.12 bits per heavy atom. The molecule has 166 valence electrons. The van der Waals surface area contributed by atoms with Crippen molar-refractivity contribution in [3.05, 3.63) is 70.8 Å². The van der Waals surface area contributed by atoms with Crippen molar-refractivity contribution >= 4 is 23.2 Å². The fourth-order valence-electron chi connectivity index (χ4n) is 3.98. The largest absolute Gasteiger partial charge is 0.356 e. The van der Waals surface area contributed by atoms with Gasteiger partial charge in [0.1, 0.15) is 0 Å². The highest BCUT2D eigenvalue weighted by Crippen LogP contribution is 2.22. The standard InChI is InChI=1S/C25H28N4O2S/c30-24(16-19-6-2-1-3-7-19)29-15-5-8-21(17-29)25(31)27-12-4-9-23-28-22(18-32-23)20-10-13-26-14-11-20/h1-3,6-7,10-11,13-14,18,21H,4-5,8-9,12,15-17H2,(H,27,31). The molecule has 3 heterocycles. The highest BCUT2D eigenvalue weighted by atomic mass is 32.1. The number of nitrogens with one attached hydrogen (secondary N) is 1. The lowest BCUT2D eigenvalue weighted by atomic mass is 9.96. The summed E-state index contributed by atoms with van der Waals surface area (Å²) in [5, 5.41) is 6.19. The van der Waals surface area contributed by atoms with Crippen LogP contribution in [0, 0.1) is 5.92 Å². The first-order chi connectivity index (χ1) is 15.7. The fourth-order valence-corrected chi connectivity index (χ4v) is 4.83. The van der Waals surface area contributed by atoms with E-state index in [1.807, 2.05) is 47.4 Å². The minimum Gasteiger partial charge on any atom is -0.356 e. The molecule has 7 heteroatoms. The molecule has 0 saturated carbocycles. The van der Waals surface area contributed by atoms with E-state index in [0.717, 1.165) is 54.1 Å². The minimum absolute atomic E-state index is 0.0545. The molecule has 1 aliphatic heterocycles. The van der Waals surface area contributed by atoms with Crippen molar-refractivity contribution in [3.8, 4) is 11.3 Å². The number of nitrogens with zero attached hydrogens (tertiary/aromatic N) is 3. The normalized spacial score (nSPS) is 16.0. The molecule has 32 heavy (non-hydrogen) atoms. The third kappa shape index (κ3) is 6.01. The van der Waals surface area contributed by atoms with Gasteiger partial charge in [0.25, 0.3) is 0 Å².